The summed E-state index contributed by atoms with van der Waals surface area (Å²) in [5.74, 6) is -0.160. The first-order valence-corrected chi connectivity index (χ1v) is 10.2. The number of ether oxygens (including phenoxy) is 1. The van der Waals surface area contributed by atoms with Gasteiger partial charge in [-0.05, 0) is 24.1 Å². The minimum Gasteiger partial charge on any atom is -0.462 e. The van der Waals surface area contributed by atoms with Gasteiger partial charge < -0.3 is 14.6 Å². The van der Waals surface area contributed by atoms with Gasteiger partial charge in [-0.1, -0.05) is 38.1 Å². The molecule has 0 atom stereocenters. The predicted octanol–water partition coefficient (Wildman–Crippen LogP) is 5.36. The third-order valence-corrected chi connectivity index (χ3v) is 4.28. The van der Waals surface area contributed by atoms with Crippen molar-refractivity contribution < 1.29 is 22.7 Å². The minimum absolute atomic E-state index is 0.0313. The second-order valence-corrected chi connectivity index (χ2v) is 6.57. The van der Waals surface area contributed by atoms with E-state index < -0.39 is 17.8 Å². The van der Waals surface area contributed by atoms with Crippen LogP contribution in [-0.2, 0) is 24.5 Å². The van der Waals surface area contributed by atoms with Crippen LogP contribution in [0.1, 0.15) is 42.4 Å². The number of benzene rings is 1. The second-order valence-electron chi connectivity index (χ2n) is 6.23. The maximum atomic E-state index is 12.9. The number of nitrogens with zero attached hydrogens (tertiary/aromatic N) is 4. The molecule has 1 aromatic carbocycles. The quantitative estimate of drug-likeness (QED) is 0.386. The molecule has 0 spiro atoms. The number of esters is 1. The zero-order chi connectivity index (χ0) is 23.9. The first-order chi connectivity index (χ1) is 15.2. The molecule has 0 aliphatic rings. The van der Waals surface area contributed by atoms with Crippen LogP contribution >= 0.6 is 11.6 Å². The monoisotopic (exact) mass is 469 g/mol. The molecular formula is C21H23ClF3N5O2. The molecule has 172 valence electrons. The van der Waals surface area contributed by atoms with Gasteiger partial charge in [0.2, 0.25) is 5.28 Å². The number of anilines is 1. The number of imidazole rings is 1. The van der Waals surface area contributed by atoms with E-state index in [1.165, 1.54) is 17.8 Å². The SMILES string of the molecule is CC.CCOC(=O)c1cnc(Cl)nc1NCc1ccc(-c2nc(C(F)(F)F)cn2C)cc1. The molecule has 1 N–H and O–H groups in total. The summed E-state index contributed by atoms with van der Waals surface area (Å²) in [6.07, 6.45) is -2.28. The first-order valence-electron chi connectivity index (χ1n) is 9.82. The summed E-state index contributed by atoms with van der Waals surface area (Å²) in [4.78, 5) is 23.5. The fraction of sp³-hybridized carbons (Fsp3) is 0.333. The number of nitrogens with one attached hydrogen (secondary N) is 1. The summed E-state index contributed by atoms with van der Waals surface area (Å²) >= 11 is 5.81. The van der Waals surface area contributed by atoms with Crippen molar-refractivity contribution in [2.45, 2.75) is 33.5 Å². The predicted molar refractivity (Wildman–Crippen MR) is 115 cm³/mol. The fourth-order valence-electron chi connectivity index (χ4n) is 2.68. The van der Waals surface area contributed by atoms with Gasteiger partial charge in [0.25, 0.3) is 0 Å². The van der Waals surface area contributed by atoms with Crippen molar-refractivity contribution in [3.05, 3.63) is 58.8 Å². The molecular weight excluding hydrogens is 447 g/mol. The highest BCUT2D eigenvalue weighted by molar-refractivity contribution is 6.28. The van der Waals surface area contributed by atoms with Crippen LogP contribution in [0.25, 0.3) is 11.4 Å². The van der Waals surface area contributed by atoms with Crippen molar-refractivity contribution in [1.29, 1.82) is 0 Å². The highest BCUT2D eigenvalue weighted by Gasteiger charge is 2.34. The van der Waals surface area contributed by atoms with Crippen molar-refractivity contribution in [3.63, 3.8) is 0 Å². The smallest absolute Gasteiger partial charge is 0.434 e. The number of rotatable bonds is 6. The molecule has 2 heterocycles. The van der Waals surface area contributed by atoms with E-state index in [1.807, 2.05) is 13.8 Å². The molecule has 0 amide bonds. The van der Waals surface area contributed by atoms with E-state index in [0.717, 1.165) is 11.8 Å². The third kappa shape index (κ3) is 6.19. The van der Waals surface area contributed by atoms with Crippen molar-refractivity contribution in [3.8, 4) is 11.4 Å². The maximum Gasteiger partial charge on any atom is 0.434 e. The lowest BCUT2D eigenvalue weighted by Gasteiger charge is -2.11. The molecule has 0 bridgehead atoms. The van der Waals surface area contributed by atoms with Crippen molar-refractivity contribution in [2.24, 2.45) is 7.05 Å². The van der Waals surface area contributed by atoms with E-state index in [-0.39, 0.29) is 35.6 Å². The number of carbonyl (C=O) groups excluding carboxylic acids is 1. The van der Waals surface area contributed by atoms with Gasteiger partial charge in [0.05, 0.1) is 6.61 Å². The van der Waals surface area contributed by atoms with Crippen LogP contribution in [-0.4, -0.2) is 32.1 Å². The molecule has 32 heavy (non-hydrogen) atoms. The number of aromatic nitrogens is 4. The lowest BCUT2D eigenvalue weighted by Crippen LogP contribution is -2.12. The lowest BCUT2D eigenvalue weighted by molar-refractivity contribution is -0.140. The van der Waals surface area contributed by atoms with Gasteiger partial charge in [-0.15, -0.1) is 0 Å². The van der Waals surface area contributed by atoms with Crippen LogP contribution in [0.2, 0.25) is 5.28 Å². The van der Waals surface area contributed by atoms with Gasteiger partial charge in [0.1, 0.15) is 17.2 Å². The largest absolute Gasteiger partial charge is 0.462 e. The molecule has 0 fully saturated rings. The summed E-state index contributed by atoms with van der Waals surface area (Å²) < 4.78 is 44.9. The first kappa shape index (κ1) is 25.1. The lowest BCUT2D eigenvalue weighted by atomic mass is 10.1. The number of alkyl halides is 3. The average Bonchev–Trinajstić information content (AvgIpc) is 3.16. The molecule has 2 aromatic heterocycles. The van der Waals surface area contributed by atoms with E-state index >= 15 is 0 Å². The highest BCUT2D eigenvalue weighted by Crippen LogP contribution is 2.30. The Kier molecular flexibility index (Phi) is 8.59. The molecule has 0 radical (unpaired) electrons. The molecule has 11 heteroatoms. The maximum absolute atomic E-state index is 12.9. The summed E-state index contributed by atoms with van der Waals surface area (Å²) in [6, 6.07) is 6.80. The Balaban J connectivity index is 0.00000176. The number of carbonyl (C=O) groups is 1. The van der Waals surface area contributed by atoms with Crippen LogP contribution in [0.15, 0.2) is 36.7 Å². The van der Waals surface area contributed by atoms with Crippen LogP contribution in [0.5, 0.6) is 0 Å². The number of aryl methyl sites for hydroxylation is 1. The minimum atomic E-state index is -4.50. The van der Waals surface area contributed by atoms with Crippen molar-refractivity contribution >= 4 is 23.4 Å². The fourth-order valence-corrected chi connectivity index (χ4v) is 2.82. The average molecular weight is 470 g/mol. The van der Waals surface area contributed by atoms with Gasteiger partial charge in [-0.25, -0.2) is 14.8 Å². The molecule has 0 aliphatic heterocycles. The summed E-state index contributed by atoms with van der Waals surface area (Å²) in [5.41, 5.74) is 0.533. The van der Waals surface area contributed by atoms with Gasteiger partial charge in [-0.2, -0.15) is 18.2 Å². The zero-order valence-electron chi connectivity index (χ0n) is 18.0. The van der Waals surface area contributed by atoms with Crippen molar-refractivity contribution in [1.82, 2.24) is 19.5 Å². The van der Waals surface area contributed by atoms with E-state index in [1.54, 1.807) is 31.2 Å². The van der Waals surface area contributed by atoms with Crippen LogP contribution in [0.4, 0.5) is 19.0 Å². The van der Waals surface area contributed by atoms with E-state index in [4.69, 9.17) is 16.3 Å². The van der Waals surface area contributed by atoms with E-state index in [9.17, 15) is 18.0 Å². The number of halogens is 4. The molecule has 0 aliphatic carbocycles. The summed E-state index contributed by atoms with van der Waals surface area (Å²) in [6.45, 7) is 6.17. The van der Waals surface area contributed by atoms with Gasteiger partial charge in [-0.3, -0.25) is 0 Å². The van der Waals surface area contributed by atoms with E-state index in [0.29, 0.717) is 5.56 Å². The Hall–Kier alpha value is -3.14. The highest BCUT2D eigenvalue weighted by atomic mass is 35.5. The standard InChI is InChI=1S/C19H17ClF3N5O2.C2H6/c1-3-30-17(29)13-9-25-18(20)27-15(13)24-8-11-4-6-12(7-5-11)16-26-14(10-28(16)2)19(21,22)23;1-2/h4-7,9-10H,3,8H2,1-2H3,(H,24,25,27);1-2H3. The number of hydrogen-bond donors (Lipinski definition) is 1. The second kappa shape index (κ2) is 10.9. The summed E-state index contributed by atoms with van der Waals surface area (Å²) in [5, 5.41) is 2.97. The topological polar surface area (TPSA) is 81.9 Å². The molecule has 0 unspecified atom stereocenters. The van der Waals surface area contributed by atoms with Gasteiger partial charge >= 0.3 is 12.1 Å². The number of hydrogen-bond acceptors (Lipinski definition) is 6. The third-order valence-electron chi connectivity index (χ3n) is 4.09. The van der Waals surface area contributed by atoms with Crippen LogP contribution < -0.4 is 5.32 Å². The normalized spacial score (nSPS) is 10.9. The molecule has 0 saturated heterocycles. The van der Waals surface area contributed by atoms with Crippen LogP contribution in [0.3, 0.4) is 0 Å². The Morgan fingerprint density at radius 1 is 1.19 bits per heavy atom. The molecule has 7 nitrogen and oxygen atoms in total. The van der Waals surface area contributed by atoms with Gasteiger partial charge in [0, 0.05) is 31.5 Å². The summed E-state index contributed by atoms with van der Waals surface area (Å²) in [7, 11) is 1.50. The van der Waals surface area contributed by atoms with Crippen LogP contribution in [0, 0.1) is 0 Å². The zero-order valence-corrected chi connectivity index (χ0v) is 18.8. The Morgan fingerprint density at radius 2 is 1.84 bits per heavy atom. The Labute approximate surface area is 188 Å². The Bertz CT molecular complexity index is 1050. The van der Waals surface area contributed by atoms with Gasteiger partial charge in [0.15, 0.2) is 5.69 Å². The molecule has 3 aromatic rings. The van der Waals surface area contributed by atoms with Crippen molar-refractivity contribution in [2.75, 3.05) is 11.9 Å². The molecule has 0 saturated carbocycles. The van der Waals surface area contributed by atoms with E-state index in [2.05, 4.69) is 20.3 Å². The Morgan fingerprint density at radius 3 is 2.41 bits per heavy atom. The molecule has 3 rings (SSSR count).